The summed E-state index contributed by atoms with van der Waals surface area (Å²) in [5, 5.41) is 39.1. The fraction of sp³-hybridized carbons (Fsp3) is 0.395. The summed E-state index contributed by atoms with van der Waals surface area (Å²) in [5.74, 6) is -0.107. The molecule has 4 aromatic rings. The summed E-state index contributed by atoms with van der Waals surface area (Å²) in [6.07, 6.45) is 5.69. The van der Waals surface area contributed by atoms with Crippen molar-refractivity contribution in [3.8, 4) is 34.4 Å². The lowest BCUT2D eigenvalue weighted by atomic mass is 9.93. The molecule has 3 heterocycles. The molecule has 6 rings (SSSR count). The molecule has 56 heavy (non-hydrogen) atoms. The molecular formula is C43H47ClN4O8. The van der Waals surface area contributed by atoms with Crippen LogP contribution in [0.25, 0.3) is 11.1 Å². The lowest BCUT2D eigenvalue weighted by Gasteiger charge is -2.33. The molecule has 3 atom stereocenters. The summed E-state index contributed by atoms with van der Waals surface area (Å²) in [6, 6.07) is 18.0. The summed E-state index contributed by atoms with van der Waals surface area (Å²) >= 11 is 6.85. The first-order valence-electron chi connectivity index (χ1n) is 18.9. The first-order chi connectivity index (χ1) is 27.0. The largest absolute Gasteiger partial charge is 0.493 e. The number of nitrogens with zero attached hydrogens (tertiary/aromatic N) is 4. The highest BCUT2D eigenvalue weighted by atomic mass is 35.5. The van der Waals surface area contributed by atoms with Gasteiger partial charge in [-0.2, -0.15) is 5.26 Å². The van der Waals surface area contributed by atoms with Crippen molar-refractivity contribution in [2.24, 2.45) is 0 Å². The molecule has 2 aliphatic rings. The molecule has 3 aromatic carbocycles. The molecule has 13 heteroatoms. The number of piperidine rings is 1. The van der Waals surface area contributed by atoms with Crippen LogP contribution in [0, 0.1) is 25.2 Å². The number of rotatable bonds is 16. The van der Waals surface area contributed by atoms with Gasteiger partial charge in [-0.05, 0) is 85.7 Å². The second-order valence-electron chi connectivity index (χ2n) is 14.4. The Bertz CT molecular complexity index is 2090. The second-order valence-corrected chi connectivity index (χ2v) is 14.8. The zero-order valence-electron chi connectivity index (χ0n) is 31.6. The van der Waals surface area contributed by atoms with E-state index >= 15 is 0 Å². The molecule has 0 aliphatic carbocycles. The number of carboxylic acids is 2. The topological polar surface area (TPSA) is 166 Å². The van der Waals surface area contributed by atoms with E-state index in [1.807, 2.05) is 43.0 Å². The van der Waals surface area contributed by atoms with Gasteiger partial charge in [-0.15, -0.1) is 0 Å². The van der Waals surface area contributed by atoms with E-state index in [1.54, 1.807) is 29.3 Å². The van der Waals surface area contributed by atoms with E-state index in [-0.39, 0.29) is 19.6 Å². The number of hydrogen-bond acceptors (Lipinski definition) is 10. The predicted molar refractivity (Wildman–Crippen MR) is 210 cm³/mol. The van der Waals surface area contributed by atoms with Crippen LogP contribution in [-0.4, -0.2) is 86.5 Å². The highest BCUT2D eigenvalue weighted by Gasteiger charge is 2.35. The SMILES string of the molecule is Cc1c(COc2cc(OCc3cncc(C#N)c3)c(CN3CCCC[C@H]3C(=O)O)cc2Cl)cccc1-c1cccc(OCCCN2C[C@H](O)C[C@H]2C(=O)O)c1C. The van der Waals surface area contributed by atoms with Gasteiger partial charge in [0.1, 0.15) is 48.6 Å². The number of aliphatic hydroxyl groups is 1. The second kappa shape index (κ2) is 18.6. The Kier molecular flexibility index (Phi) is 13.5. The van der Waals surface area contributed by atoms with Gasteiger partial charge in [0.15, 0.2) is 0 Å². The Morgan fingerprint density at radius 3 is 2.39 bits per heavy atom. The predicted octanol–water partition coefficient (Wildman–Crippen LogP) is 6.78. The van der Waals surface area contributed by atoms with E-state index < -0.39 is 30.1 Å². The lowest BCUT2D eigenvalue weighted by Crippen LogP contribution is -2.44. The number of benzene rings is 3. The number of halogens is 1. The number of ether oxygens (including phenoxy) is 3. The van der Waals surface area contributed by atoms with Crippen molar-refractivity contribution in [1.82, 2.24) is 14.8 Å². The number of β-amino-alcohol motifs (C(OH)–C–C–N with tert-alkyl or cyclic N) is 1. The van der Waals surface area contributed by atoms with Gasteiger partial charge >= 0.3 is 11.9 Å². The molecule has 0 bridgehead atoms. The van der Waals surface area contributed by atoms with E-state index in [9.17, 15) is 30.2 Å². The summed E-state index contributed by atoms with van der Waals surface area (Å²) in [6.45, 7) is 6.67. The van der Waals surface area contributed by atoms with Crippen LogP contribution in [0.2, 0.25) is 5.02 Å². The van der Waals surface area contributed by atoms with Gasteiger partial charge in [-0.3, -0.25) is 24.4 Å². The molecule has 2 saturated heterocycles. The molecule has 294 valence electrons. The van der Waals surface area contributed by atoms with Crippen LogP contribution >= 0.6 is 11.6 Å². The summed E-state index contributed by atoms with van der Waals surface area (Å²) in [7, 11) is 0. The Labute approximate surface area is 331 Å². The van der Waals surface area contributed by atoms with Gasteiger partial charge in [-0.1, -0.05) is 48.4 Å². The fourth-order valence-electron chi connectivity index (χ4n) is 7.59. The maximum absolute atomic E-state index is 12.1. The van der Waals surface area contributed by atoms with E-state index in [1.165, 1.54) is 6.20 Å². The van der Waals surface area contributed by atoms with E-state index in [4.69, 9.17) is 25.8 Å². The Hall–Kier alpha value is -5.19. The van der Waals surface area contributed by atoms with Crippen molar-refractivity contribution in [2.75, 3.05) is 26.2 Å². The highest BCUT2D eigenvalue weighted by molar-refractivity contribution is 6.32. The highest BCUT2D eigenvalue weighted by Crippen LogP contribution is 2.37. The molecule has 0 saturated carbocycles. The summed E-state index contributed by atoms with van der Waals surface area (Å²) in [4.78, 5) is 31.5. The van der Waals surface area contributed by atoms with Crippen molar-refractivity contribution in [2.45, 2.75) is 83.9 Å². The number of aliphatic hydroxyl groups excluding tert-OH is 1. The molecule has 0 amide bonds. The molecule has 2 aliphatic heterocycles. The molecule has 1 aromatic heterocycles. The van der Waals surface area contributed by atoms with Gasteiger partial charge in [0.25, 0.3) is 0 Å². The van der Waals surface area contributed by atoms with E-state index in [2.05, 4.69) is 23.2 Å². The third-order valence-electron chi connectivity index (χ3n) is 10.6. The van der Waals surface area contributed by atoms with Crippen molar-refractivity contribution < 1.29 is 39.1 Å². The summed E-state index contributed by atoms with van der Waals surface area (Å²) < 4.78 is 18.8. The zero-order valence-corrected chi connectivity index (χ0v) is 32.4. The number of aliphatic carboxylic acids is 2. The van der Waals surface area contributed by atoms with E-state index in [0.717, 1.165) is 52.0 Å². The van der Waals surface area contributed by atoms with Gasteiger partial charge in [0.05, 0.1) is 23.3 Å². The molecule has 3 N–H and O–H groups in total. The van der Waals surface area contributed by atoms with Crippen LogP contribution in [0.3, 0.4) is 0 Å². The molecule has 0 radical (unpaired) electrons. The normalized spacial score (nSPS) is 18.7. The van der Waals surface area contributed by atoms with Gasteiger partial charge in [0, 0.05) is 55.6 Å². The Morgan fingerprint density at radius 1 is 0.875 bits per heavy atom. The first kappa shape index (κ1) is 40.5. The average Bonchev–Trinajstić information content (AvgIpc) is 3.57. The molecule has 2 fully saturated rings. The Balaban J connectivity index is 1.17. The average molecular weight is 783 g/mol. The minimum absolute atomic E-state index is 0.135. The number of likely N-dealkylation sites (tertiary alicyclic amines) is 2. The van der Waals surface area contributed by atoms with Crippen molar-refractivity contribution in [1.29, 1.82) is 5.26 Å². The summed E-state index contributed by atoms with van der Waals surface area (Å²) in [5.41, 5.74) is 6.86. The first-order valence-corrected chi connectivity index (χ1v) is 19.2. The number of carboxylic acid groups (broad SMARTS) is 2. The van der Waals surface area contributed by atoms with Gasteiger partial charge in [0.2, 0.25) is 0 Å². The maximum Gasteiger partial charge on any atom is 0.321 e. The van der Waals surface area contributed by atoms with Crippen molar-refractivity contribution in [3.63, 3.8) is 0 Å². The molecule has 0 unspecified atom stereocenters. The minimum atomic E-state index is -0.914. The van der Waals surface area contributed by atoms with Gasteiger partial charge in [-0.25, -0.2) is 0 Å². The molecular weight excluding hydrogens is 736 g/mol. The van der Waals surface area contributed by atoms with Crippen LogP contribution in [0.5, 0.6) is 17.2 Å². The number of aromatic nitrogens is 1. The zero-order chi connectivity index (χ0) is 39.8. The molecule has 0 spiro atoms. The molecule has 12 nitrogen and oxygen atoms in total. The van der Waals surface area contributed by atoms with Crippen LogP contribution < -0.4 is 14.2 Å². The standard InChI is InChI=1S/C43H47ClN4O8/c1-27-31(8-5-9-34(27)35-10-6-12-39(28(35)2)54-15-7-14-48-24-33(49)18-38(48)43(52)53)26-56-41-19-40(55-25-30-16-29(20-45)21-46-22-30)32(17-36(41)44)23-47-13-4-3-11-37(47)42(50)51/h5-6,8-10,12,16-17,19,21-22,33,37-38,49H,3-4,7,11,13-15,18,23-26H2,1-2H3,(H,50,51)(H,52,53)/t33-,37+,38+/m1/s1. The third kappa shape index (κ3) is 9.78. The lowest BCUT2D eigenvalue weighted by molar-refractivity contribution is -0.145. The van der Waals surface area contributed by atoms with Crippen LogP contribution in [0.15, 0.2) is 67.0 Å². The van der Waals surface area contributed by atoms with Crippen LogP contribution in [0.4, 0.5) is 0 Å². The smallest absolute Gasteiger partial charge is 0.321 e. The third-order valence-corrected chi connectivity index (χ3v) is 10.9. The van der Waals surface area contributed by atoms with Gasteiger partial charge < -0.3 is 29.5 Å². The maximum atomic E-state index is 12.1. The van der Waals surface area contributed by atoms with E-state index in [0.29, 0.717) is 73.3 Å². The quantitative estimate of drug-likeness (QED) is 0.102. The van der Waals surface area contributed by atoms with Crippen LogP contribution in [0.1, 0.15) is 65.5 Å². The fourth-order valence-corrected chi connectivity index (χ4v) is 7.84. The number of pyridine rings is 1. The number of carbonyl (C=O) groups is 2. The minimum Gasteiger partial charge on any atom is -0.493 e. The van der Waals surface area contributed by atoms with Crippen LogP contribution in [-0.2, 0) is 29.3 Å². The number of nitriles is 1. The van der Waals surface area contributed by atoms with Crippen molar-refractivity contribution >= 4 is 23.5 Å². The Morgan fingerprint density at radius 2 is 1.62 bits per heavy atom. The van der Waals surface area contributed by atoms with Crippen molar-refractivity contribution in [3.05, 3.63) is 105 Å². The monoisotopic (exact) mass is 782 g/mol. The number of hydrogen-bond donors (Lipinski definition) is 3.